The third-order valence-corrected chi connectivity index (χ3v) is 6.47. The van der Waals surface area contributed by atoms with E-state index in [0.29, 0.717) is 5.69 Å². The lowest BCUT2D eigenvalue weighted by Crippen LogP contribution is -2.09. The van der Waals surface area contributed by atoms with Crippen molar-refractivity contribution in [2.24, 2.45) is 0 Å². The summed E-state index contributed by atoms with van der Waals surface area (Å²) in [6, 6.07) is 28.3. The van der Waals surface area contributed by atoms with E-state index in [4.69, 9.17) is 0 Å². The Morgan fingerprint density at radius 2 is 1.21 bits per heavy atom. The van der Waals surface area contributed by atoms with E-state index in [1.807, 2.05) is 48.5 Å². The molecule has 3 aromatic rings. The first kappa shape index (κ1) is 16.6. The van der Waals surface area contributed by atoms with Crippen LogP contribution in [0.3, 0.4) is 0 Å². The van der Waals surface area contributed by atoms with Crippen LogP contribution in [0.1, 0.15) is 0 Å². The molecule has 0 aliphatic carbocycles. The molecule has 0 heterocycles. The van der Waals surface area contributed by atoms with Gasteiger partial charge < -0.3 is 0 Å². The number of hydrogen-bond donors (Lipinski definition) is 2. The van der Waals surface area contributed by atoms with Crippen molar-refractivity contribution in [1.29, 1.82) is 0 Å². The minimum atomic E-state index is -3.29. The van der Waals surface area contributed by atoms with Gasteiger partial charge in [0.25, 0.3) is 0 Å². The molecule has 0 aromatic heterocycles. The Balaban J connectivity index is 2.08. The second-order valence-electron chi connectivity index (χ2n) is 5.43. The molecule has 3 aromatic carbocycles. The van der Waals surface area contributed by atoms with Crippen LogP contribution in [-0.2, 0) is 10.0 Å². The Bertz CT molecular complexity index is 871. The van der Waals surface area contributed by atoms with E-state index >= 15 is 0 Å². The molecule has 0 aliphatic heterocycles. The van der Waals surface area contributed by atoms with E-state index in [1.165, 1.54) is 9.79 Å². The number of thiol groups is 1. The third kappa shape index (κ3) is 4.19. The maximum atomic E-state index is 11.5. The highest BCUT2D eigenvalue weighted by Gasteiger charge is 2.13. The fourth-order valence-corrected chi connectivity index (χ4v) is 5.42. The van der Waals surface area contributed by atoms with Crippen LogP contribution in [0, 0.1) is 0 Å². The monoisotopic (exact) mass is 357 g/mol. The summed E-state index contributed by atoms with van der Waals surface area (Å²) in [6.07, 6.45) is 1.16. The molecule has 0 spiro atoms. The first-order valence-corrected chi connectivity index (χ1v) is 10.7. The fraction of sp³-hybridized carbons (Fsp3) is 0.0526. The van der Waals surface area contributed by atoms with Crippen LogP contribution in [0.15, 0.2) is 99.6 Å². The highest BCUT2D eigenvalue weighted by atomic mass is 32.2. The Hall–Kier alpha value is -2.24. The van der Waals surface area contributed by atoms with Gasteiger partial charge in [-0.25, -0.2) is 8.42 Å². The Labute approximate surface area is 145 Å². The first-order chi connectivity index (χ1) is 11.5. The summed E-state index contributed by atoms with van der Waals surface area (Å²) in [6.45, 7) is 0. The first-order valence-electron chi connectivity index (χ1n) is 7.51. The van der Waals surface area contributed by atoms with Crippen LogP contribution < -0.4 is 4.72 Å². The van der Waals surface area contributed by atoms with E-state index in [9.17, 15) is 8.42 Å². The summed E-state index contributed by atoms with van der Waals surface area (Å²) in [5.41, 5.74) is 0.592. The summed E-state index contributed by atoms with van der Waals surface area (Å²) in [7, 11) is -4.03. The molecule has 124 valence electrons. The molecular formula is C19H19NO2S2. The number of anilines is 1. The molecular weight excluding hydrogens is 338 g/mol. The van der Waals surface area contributed by atoms with E-state index in [1.54, 1.807) is 6.07 Å². The zero-order chi connectivity index (χ0) is 17.0. The maximum Gasteiger partial charge on any atom is 0.229 e. The van der Waals surface area contributed by atoms with Gasteiger partial charge in [-0.05, 0) is 57.2 Å². The summed E-state index contributed by atoms with van der Waals surface area (Å²) < 4.78 is 25.6. The van der Waals surface area contributed by atoms with Crippen molar-refractivity contribution in [3.63, 3.8) is 0 Å². The van der Waals surface area contributed by atoms with Crippen molar-refractivity contribution in [2.75, 3.05) is 11.0 Å². The topological polar surface area (TPSA) is 46.2 Å². The van der Waals surface area contributed by atoms with Crippen molar-refractivity contribution in [1.82, 2.24) is 0 Å². The highest BCUT2D eigenvalue weighted by Crippen LogP contribution is 2.51. The van der Waals surface area contributed by atoms with E-state index in [-0.39, 0.29) is 0 Å². The molecule has 0 fully saturated rings. The van der Waals surface area contributed by atoms with Gasteiger partial charge in [0, 0.05) is 5.69 Å². The molecule has 5 heteroatoms. The average molecular weight is 358 g/mol. The second kappa shape index (κ2) is 7.11. The second-order valence-corrected chi connectivity index (χ2v) is 9.40. The quantitative estimate of drug-likeness (QED) is 0.659. The van der Waals surface area contributed by atoms with Gasteiger partial charge in [0.2, 0.25) is 10.0 Å². The van der Waals surface area contributed by atoms with E-state index in [0.717, 1.165) is 11.2 Å². The summed E-state index contributed by atoms with van der Waals surface area (Å²) in [4.78, 5) is 3.57. The van der Waals surface area contributed by atoms with Gasteiger partial charge in [-0.3, -0.25) is 4.72 Å². The van der Waals surface area contributed by atoms with Crippen molar-refractivity contribution in [2.45, 2.75) is 14.7 Å². The molecule has 3 nitrogen and oxygen atoms in total. The number of rotatable bonds is 5. The largest absolute Gasteiger partial charge is 0.284 e. The summed E-state index contributed by atoms with van der Waals surface area (Å²) >= 11 is 0. The number of hydrogen-bond acceptors (Lipinski definition) is 2. The van der Waals surface area contributed by atoms with Crippen LogP contribution in [0.4, 0.5) is 5.69 Å². The number of nitrogens with one attached hydrogen (secondary N) is 1. The zero-order valence-corrected chi connectivity index (χ0v) is 15.0. The van der Waals surface area contributed by atoms with Crippen molar-refractivity contribution in [3.8, 4) is 0 Å². The molecule has 1 N–H and O–H groups in total. The highest BCUT2D eigenvalue weighted by molar-refractivity contribution is 8.17. The van der Waals surface area contributed by atoms with Crippen LogP contribution in [-0.4, -0.2) is 14.7 Å². The van der Waals surface area contributed by atoms with Gasteiger partial charge >= 0.3 is 0 Å². The molecule has 0 aliphatic rings. The SMILES string of the molecule is CS(=O)(=O)Nc1cccc([SH](c2ccccc2)c2ccccc2)c1. The average Bonchev–Trinajstić information content (AvgIpc) is 2.56. The lowest BCUT2D eigenvalue weighted by atomic mass is 10.3. The van der Waals surface area contributed by atoms with Gasteiger partial charge in [0.05, 0.1) is 6.26 Å². The van der Waals surface area contributed by atoms with E-state index in [2.05, 4.69) is 35.1 Å². The lowest BCUT2D eigenvalue weighted by molar-refractivity contribution is 0.607. The van der Waals surface area contributed by atoms with Gasteiger partial charge in [0.1, 0.15) is 0 Å². The number of benzene rings is 3. The van der Waals surface area contributed by atoms with Gasteiger partial charge in [0.15, 0.2) is 0 Å². The minimum Gasteiger partial charge on any atom is -0.284 e. The predicted molar refractivity (Wildman–Crippen MR) is 102 cm³/mol. The van der Waals surface area contributed by atoms with Crippen LogP contribution in [0.5, 0.6) is 0 Å². The standard InChI is InChI=1S/C19H19NO2S2/c1-24(21,22)20-16-9-8-14-19(15-16)23(17-10-4-2-5-11-17)18-12-6-3-7-13-18/h2-15,20,23H,1H3. The van der Waals surface area contributed by atoms with Crippen molar-refractivity contribution in [3.05, 3.63) is 84.9 Å². The molecule has 0 saturated carbocycles. The van der Waals surface area contributed by atoms with E-state index < -0.39 is 20.9 Å². The van der Waals surface area contributed by atoms with Crippen LogP contribution in [0.25, 0.3) is 0 Å². The van der Waals surface area contributed by atoms with Crippen molar-refractivity contribution < 1.29 is 8.42 Å². The minimum absolute atomic E-state index is 0.592. The maximum absolute atomic E-state index is 11.5. The van der Waals surface area contributed by atoms with Gasteiger partial charge in [-0.15, -0.1) is 0 Å². The summed E-state index contributed by atoms with van der Waals surface area (Å²) in [5, 5.41) is 0. The Kier molecular flexibility index (Phi) is 4.92. The number of sulfonamides is 1. The van der Waals surface area contributed by atoms with Gasteiger partial charge in [-0.2, -0.15) is 10.9 Å². The lowest BCUT2D eigenvalue weighted by Gasteiger charge is -2.23. The smallest absolute Gasteiger partial charge is 0.229 e. The normalized spacial score (nSPS) is 11.8. The van der Waals surface area contributed by atoms with Crippen LogP contribution in [0.2, 0.25) is 0 Å². The Morgan fingerprint density at radius 1 is 0.708 bits per heavy atom. The van der Waals surface area contributed by atoms with Crippen molar-refractivity contribution >= 4 is 26.6 Å². The summed E-state index contributed by atoms with van der Waals surface area (Å²) in [5.74, 6) is 0. The molecule has 0 bridgehead atoms. The molecule has 0 saturated heterocycles. The van der Waals surface area contributed by atoms with Gasteiger partial charge in [-0.1, -0.05) is 42.5 Å². The molecule has 3 rings (SSSR count). The molecule has 0 unspecified atom stereocenters. The fourth-order valence-electron chi connectivity index (χ4n) is 2.52. The molecule has 0 atom stereocenters. The predicted octanol–water partition coefficient (Wildman–Crippen LogP) is 4.54. The van der Waals surface area contributed by atoms with Crippen LogP contribution >= 0.6 is 10.9 Å². The zero-order valence-electron chi connectivity index (χ0n) is 13.3. The third-order valence-electron chi connectivity index (χ3n) is 3.44. The Morgan fingerprint density at radius 3 is 1.71 bits per heavy atom. The molecule has 0 radical (unpaired) electrons. The molecule has 24 heavy (non-hydrogen) atoms. The molecule has 0 amide bonds.